The van der Waals surface area contributed by atoms with Crippen LogP contribution >= 0.6 is 11.8 Å². The molecule has 3 aromatic rings. The summed E-state index contributed by atoms with van der Waals surface area (Å²) in [5.41, 5.74) is 1.05. The Morgan fingerprint density at radius 2 is 1.46 bits per heavy atom. The third-order valence-corrected chi connectivity index (χ3v) is 5.72. The number of hydrogen-bond donors (Lipinski definition) is 1. The summed E-state index contributed by atoms with van der Waals surface area (Å²) in [6.45, 7) is 0. The smallest absolute Gasteiger partial charge is 0.258 e. The van der Waals surface area contributed by atoms with E-state index in [9.17, 15) is 18.5 Å². The number of sulfonamides is 1. The Balaban J connectivity index is 2.22. The minimum Gasteiger partial charge on any atom is -0.258 e. The first-order valence-corrected chi connectivity index (χ1v) is 9.87. The second-order valence-electron chi connectivity index (χ2n) is 5.37. The Kier molecular flexibility index (Phi) is 5.08. The van der Waals surface area contributed by atoms with E-state index in [1.807, 2.05) is 6.07 Å². The van der Waals surface area contributed by atoms with Gasteiger partial charge in [0, 0.05) is 16.5 Å². The monoisotopic (exact) mass is 386 g/mol. The highest BCUT2D eigenvalue weighted by molar-refractivity contribution is 7.99. The lowest BCUT2D eigenvalue weighted by Gasteiger charge is -2.14. The molecule has 26 heavy (non-hydrogen) atoms. The van der Waals surface area contributed by atoms with Gasteiger partial charge in [0.05, 0.1) is 14.7 Å². The summed E-state index contributed by atoms with van der Waals surface area (Å²) in [4.78, 5) is 11.8. The van der Waals surface area contributed by atoms with E-state index in [4.69, 9.17) is 5.14 Å². The topological polar surface area (TPSA) is 103 Å². The number of nitro groups is 1. The average molecular weight is 386 g/mol. The molecule has 0 aromatic heterocycles. The van der Waals surface area contributed by atoms with Crippen LogP contribution in [0.2, 0.25) is 0 Å². The molecule has 0 radical (unpaired) electrons. The Morgan fingerprint density at radius 1 is 0.846 bits per heavy atom. The number of para-hydroxylation sites is 1. The van der Waals surface area contributed by atoms with Crippen molar-refractivity contribution >= 4 is 27.5 Å². The molecule has 2 N–H and O–H groups in total. The molecule has 3 aromatic carbocycles. The highest BCUT2D eigenvalue weighted by Gasteiger charge is 2.21. The first kappa shape index (κ1) is 18.1. The summed E-state index contributed by atoms with van der Waals surface area (Å²) in [6, 6.07) is 20.0. The second-order valence-corrected chi connectivity index (χ2v) is 7.98. The standard InChI is InChI=1S/C18H14N2O4S2/c19-26(23,24)17-12-6-11-16(18(17)13-7-2-1-3-8-13)25-15-10-5-4-9-14(15)20(21)22/h1-12H,(H2,19,23,24). The molecule has 0 atom stereocenters. The van der Waals surface area contributed by atoms with Gasteiger partial charge in [-0.2, -0.15) is 0 Å². The van der Waals surface area contributed by atoms with Crippen LogP contribution in [0.25, 0.3) is 11.1 Å². The van der Waals surface area contributed by atoms with Crippen molar-refractivity contribution in [2.24, 2.45) is 5.14 Å². The number of rotatable bonds is 5. The Bertz CT molecular complexity index is 1070. The van der Waals surface area contributed by atoms with Crippen molar-refractivity contribution in [1.82, 2.24) is 0 Å². The zero-order chi connectivity index (χ0) is 18.7. The van der Waals surface area contributed by atoms with E-state index < -0.39 is 14.9 Å². The van der Waals surface area contributed by atoms with Crippen LogP contribution in [0.1, 0.15) is 0 Å². The number of nitro benzene ring substituents is 1. The lowest BCUT2D eigenvalue weighted by Crippen LogP contribution is -2.13. The van der Waals surface area contributed by atoms with Gasteiger partial charge >= 0.3 is 0 Å². The van der Waals surface area contributed by atoms with Gasteiger partial charge < -0.3 is 0 Å². The van der Waals surface area contributed by atoms with Gasteiger partial charge in [-0.05, 0) is 23.8 Å². The van der Waals surface area contributed by atoms with Gasteiger partial charge in [-0.3, -0.25) is 10.1 Å². The van der Waals surface area contributed by atoms with Crippen molar-refractivity contribution in [2.45, 2.75) is 14.7 Å². The molecule has 3 rings (SSSR count). The summed E-state index contributed by atoms with van der Waals surface area (Å²) in [5.74, 6) is 0. The fraction of sp³-hybridized carbons (Fsp3) is 0. The maximum atomic E-state index is 12.1. The lowest BCUT2D eigenvalue weighted by molar-refractivity contribution is -0.387. The third-order valence-electron chi connectivity index (χ3n) is 3.64. The third kappa shape index (κ3) is 3.77. The molecule has 0 aliphatic rings. The van der Waals surface area contributed by atoms with Crippen LogP contribution in [0.4, 0.5) is 5.69 Å². The maximum absolute atomic E-state index is 12.1. The number of nitrogens with two attached hydrogens (primary N) is 1. The van der Waals surface area contributed by atoms with Crippen LogP contribution in [-0.2, 0) is 10.0 Å². The van der Waals surface area contributed by atoms with Crippen LogP contribution in [0.15, 0.2) is 87.5 Å². The summed E-state index contributed by atoms with van der Waals surface area (Å²) >= 11 is 1.13. The van der Waals surface area contributed by atoms with Crippen LogP contribution in [-0.4, -0.2) is 13.3 Å². The minimum absolute atomic E-state index is 0.0210. The van der Waals surface area contributed by atoms with Gasteiger partial charge in [0.2, 0.25) is 10.0 Å². The minimum atomic E-state index is -3.97. The molecule has 6 nitrogen and oxygen atoms in total. The molecule has 0 heterocycles. The van der Waals surface area contributed by atoms with Crippen LogP contribution in [0, 0.1) is 10.1 Å². The van der Waals surface area contributed by atoms with Gasteiger partial charge in [-0.15, -0.1) is 0 Å². The SMILES string of the molecule is NS(=O)(=O)c1cccc(Sc2ccccc2[N+](=O)[O-])c1-c1ccccc1. The van der Waals surface area contributed by atoms with Crippen molar-refractivity contribution in [3.05, 3.63) is 82.9 Å². The van der Waals surface area contributed by atoms with Crippen molar-refractivity contribution in [2.75, 3.05) is 0 Å². The molecular formula is C18H14N2O4S2. The van der Waals surface area contributed by atoms with E-state index in [1.54, 1.807) is 54.6 Å². The molecule has 0 aliphatic heterocycles. The zero-order valence-corrected chi connectivity index (χ0v) is 15.0. The molecule has 0 aliphatic carbocycles. The Morgan fingerprint density at radius 3 is 2.12 bits per heavy atom. The highest BCUT2D eigenvalue weighted by Crippen LogP contribution is 2.42. The fourth-order valence-corrected chi connectivity index (χ4v) is 4.49. The Labute approximate surface area is 154 Å². The Hall–Kier alpha value is -2.68. The molecule has 0 unspecified atom stereocenters. The molecule has 0 fully saturated rings. The summed E-state index contributed by atoms with van der Waals surface area (Å²) in [6.07, 6.45) is 0. The molecule has 0 amide bonds. The fourth-order valence-electron chi connectivity index (χ4n) is 2.54. The van der Waals surface area contributed by atoms with Crippen molar-refractivity contribution < 1.29 is 13.3 Å². The van der Waals surface area contributed by atoms with Crippen molar-refractivity contribution in [3.63, 3.8) is 0 Å². The largest absolute Gasteiger partial charge is 0.283 e. The van der Waals surface area contributed by atoms with Gasteiger partial charge in [-0.25, -0.2) is 13.6 Å². The van der Waals surface area contributed by atoms with Crippen LogP contribution < -0.4 is 5.14 Å². The van der Waals surface area contributed by atoms with Gasteiger partial charge in [0.1, 0.15) is 0 Å². The van der Waals surface area contributed by atoms with Crippen molar-refractivity contribution in [3.8, 4) is 11.1 Å². The first-order chi connectivity index (χ1) is 12.4. The molecule has 0 saturated heterocycles. The van der Waals surface area contributed by atoms with E-state index >= 15 is 0 Å². The predicted molar refractivity (Wildman–Crippen MR) is 100 cm³/mol. The second kappa shape index (κ2) is 7.28. The molecule has 132 valence electrons. The lowest BCUT2D eigenvalue weighted by atomic mass is 10.1. The summed E-state index contributed by atoms with van der Waals surface area (Å²) in [5, 5.41) is 16.7. The van der Waals surface area contributed by atoms with Gasteiger partial charge in [0.25, 0.3) is 5.69 Å². The molecule has 0 saturated carbocycles. The van der Waals surface area contributed by atoms with Gasteiger partial charge in [0.15, 0.2) is 0 Å². The summed E-state index contributed by atoms with van der Waals surface area (Å²) in [7, 11) is -3.97. The molecule has 0 spiro atoms. The first-order valence-electron chi connectivity index (χ1n) is 7.50. The zero-order valence-electron chi connectivity index (χ0n) is 13.4. The van der Waals surface area contributed by atoms with E-state index in [2.05, 4.69) is 0 Å². The number of primary sulfonamides is 1. The van der Waals surface area contributed by atoms with Gasteiger partial charge in [-0.1, -0.05) is 60.3 Å². The van der Waals surface area contributed by atoms with Crippen LogP contribution in [0.5, 0.6) is 0 Å². The molecule has 0 bridgehead atoms. The van der Waals surface area contributed by atoms with Crippen LogP contribution in [0.3, 0.4) is 0 Å². The summed E-state index contributed by atoms with van der Waals surface area (Å²) < 4.78 is 24.1. The normalized spacial score (nSPS) is 11.3. The van der Waals surface area contributed by atoms with E-state index in [0.29, 0.717) is 20.9 Å². The quantitative estimate of drug-likeness (QED) is 0.526. The van der Waals surface area contributed by atoms with E-state index in [0.717, 1.165) is 11.8 Å². The maximum Gasteiger partial charge on any atom is 0.283 e. The molecular weight excluding hydrogens is 372 g/mol. The number of benzene rings is 3. The predicted octanol–water partition coefficient (Wildman–Crippen LogP) is 4.06. The molecule has 8 heteroatoms. The average Bonchev–Trinajstić information content (AvgIpc) is 2.62. The van der Waals surface area contributed by atoms with Crippen molar-refractivity contribution in [1.29, 1.82) is 0 Å². The number of nitrogens with zero attached hydrogens (tertiary/aromatic N) is 1. The van der Waals surface area contributed by atoms with E-state index in [-0.39, 0.29) is 10.6 Å². The van der Waals surface area contributed by atoms with E-state index in [1.165, 1.54) is 12.1 Å². The highest BCUT2D eigenvalue weighted by atomic mass is 32.2. The number of hydrogen-bond acceptors (Lipinski definition) is 5.